The van der Waals surface area contributed by atoms with Gasteiger partial charge in [0.2, 0.25) is 5.91 Å². The van der Waals surface area contributed by atoms with Crippen LogP contribution in [0.3, 0.4) is 0 Å². The summed E-state index contributed by atoms with van der Waals surface area (Å²) in [6.45, 7) is 1.54. The fraction of sp³-hybridized carbons (Fsp3) is 0.323. The Morgan fingerprint density at radius 2 is 1.71 bits per heavy atom. The molecule has 1 aliphatic carbocycles. The first-order chi connectivity index (χ1) is 20.1. The predicted molar refractivity (Wildman–Crippen MR) is 151 cm³/mol. The second-order valence-corrected chi connectivity index (χ2v) is 10.6. The number of nitriles is 1. The van der Waals surface area contributed by atoms with E-state index in [1.165, 1.54) is 16.7 Å². The van der Waals surface area contributed by atoms with Crippen molar-refractivity contribution in [3.8, 4) is 6.07 Å². The number of carbonyl (C=O) groups is 1. The van der Waals surface area contributed by atoms with Crippen LogP contribution < -0.4 is 16.6 Å². The van der Waals surface area contributed by atoms with Crippen LogP contribution >= 0.6 is 0 Å². The van der Waals surface area contributed by atoms with Crippen molar-refractivity contribution >= 4 is 22.5 Å². The summed E-state index contributed by atoms with van der Waals surface area (Å²) in [6, 6.07) is 13.5. The number of nitrogens with one attached hydrogen (secondary N) is 1. The van der Waals surface area contributed by atoms with Gasteiger partial charge in [-0.25, -0.2) is 4.79 Å². The zero-order valence-corrected chi connectivity index (χ0v) is 22.8. The lowest BCUT2D eigenvalue weighted by atomic mass is 9.81. The smallest absolute Gasteiger partial charge is 0.326 e. The SMILES string of the molecule is Cc1cccc2c1c(=O)n(CC1CCC(C(=O)Nc3ccncc3)CC1)c(=O)n2Cc1cccc(C(F)(F)F)c1C#N. The Kier molecular flexibility index (Phi) is 7.98. The first-order valence-electron chi connectivity index (χ1n) is 13.6. The van der Waals surface area contributed by atoms with Crippen molar-refractivity contribution in [1.29, 1.82) is 5.26 Å². The number of halogens is 3. The lowest BCUT2D eigenvalue weighted by molar-refractivity contribution is -0.137. The highest BCUT2D eigenvalue weighted by Crippen LogP contribution is 2.34. The number of hydrogen-bond acceptors (Lipinski definition) is 5. The summed E-state index contributed by atoms with van der Waals surface area (Å²) in [7, 11) is 0. The number of aryl methyl sites for hydroxylation is 1. The van der Waals surface area contributed by atoms with Crippen molar-refractivity contribution in [2.75, 3.05) is 5.32 Å². The van der Waals surface area contributed by atoms with E-state index in [1.807, 2.05) is 0 Å². The number of carbonyl (C=O) groups excluding carboxylic acids is 1. The summed E-state index contributed by atoms with van der Waals surface area (Å²) in [5, 5.41) is 12.8. The minimum absolute atomic E-state index is 0.0307. The van der Waals surface area contributed by atoms with Gasteiger partial charge in [0.1, 0.15) is 6.07 Å². The number of nitrogens with zero attached hydrogens (tertiary/aromatic N) is 4. The molecule has 1 fully saturated rings. The summed E-state index contributed by atoms with van der Waals surface area (Å²) in [5.74, 6) is -0.333. The van der Waals surface area contributed by atoms with Gasteiger partial charge < -0.3 is 5.32 Å². The molecule has 0 aliphatic heterocycles. The van der Waals surface area contributed by atoms with Gasteiger partial charge in [-0.3, -0.25) is 23.7 Å². The van der Waals surface area contributed by atoms with E-state index in [0.717, 1.165) is 10.6 Å². The number of hydrogen-bond donors (Lipinski definition) is 1. The van der Waals surface area contributed by atoms with Crippen LogP contribution in [-0.2, 0) is 24.1 Å². The second-order valence-electron chi connectivity index (χ2n) is 10.6. The topological polar surface area (TPSA) is 110 Å². The van der Waals surface area contributed by atoms with Crippen LogP contribution in [0, 0.1) is 30.1 Å². The molecule has 42 heavy (non-hydrogen) atoms. The molecule has 1 saturated carbocycles. The Morgan fingerprint density at radius 3 is 2.38 bits per heavy atom. The van der Waals surface area contributed by atoms with Crippen molar-refractivity contribution in [3.05, 3.63) is 104 Å². The van der Waals surface area contributed by atoms with Gasteiger partial charge in [0.15, 0.2) is 0 Å². The molecule has 5 rings (SSSR count). The van der Waals surface area contributed by atoms with Crippen LogP contribution in [0.25, 0.3) is 10.9 Å². The van der Waals surface area contributed by atoms with Crippen LogP contribution in [0.15, 0.2) is 70.5 Å². The zero-order chi connectivity index (χ0) is 30.0. The summed E-state index contributed by atoms with van der Waals surface area (Å²) >= 11 is 0. The number of benzene rings is 2. The van der Waals surface area contributed by atoms with Crippen LogP contribution in [0.2, 0.25) is 0 Å². The van der Waals surface area contributed by atoms with Gasteiger partial charge in [-0.15, -0.1) is 0 Å². The zero-order valence-electron chi connectivity index (χ0n) is 22.8. The predicted octanol–water partition coefficient (Wildman–Crippen LogP) is 5.25. The Bertz CT molecular complexity index is 1800. The number of rotatable bonds is 6. The minimum Gasteiger partial charge on any atom is -0.326 e. The van der Waals surface area contributed by atoms with Crippen LogP contribution in [0.1, 0.15) is 47.9 Å². The molecule has 0 unspecified atom stereocenters. The molecule has 0 spiro atoms. The largest absolute Gasteiger partial charge is 0.417 e. The van der Waals surface area contributed by atoms with E-state index >= 15 is 0 Å². The number of amides is 1. The van der Waals surface area contributed by atoms with Crippen molar-refractivity contribution in [3.63, 3.8) is 0 Å². The van der Waals surface area contributed by atoms with Crippen LogP contribution in [0.5, 0.6) is 0 Å². The number of alkyl halides is 3. The van der Waals surface area contributed by atoms with Gasteiger partial charge in [-0.2, -0.15) is 18.4 Å². The Labute approximate surface area is 239 Å². The van der Waals surface area contributed by atoms with Crippen molar-refractivity contribution in [1.82, 2.24) is 14.1 Å². The maximum atomic E-state index is 13.8. The fourth-order valence-corrected chi connectivity index (χ4v) is 5.76. The van der Waals surface area contributed by atoms with Gasteiger partial charge in [-0.1, -0.05) is 24.3 Å². The molecule has 0 atom stereocenters. The molecule has 1 amide bonds. The average molecular weight is 576 g/mol. The molecule has 11 heteroatoms. The molecule has 2 aromatic heterocycles. The van der Waals surface area contributed by atoms with Gasteiger partial charge in [-0.05, 0) is 73.9 Å². The molecule has 8 nitrogen and oxygen atoms in total. The number of aromatic nitrogens is 3. The van der Waals surface area contributed by atoms with Crippen molar-refractivity contribution in [2.24, 2.45) is 11.8 Å². The molecule has 4 aromatic rings. The molecule has 2 heterocycles. The quantitative estimate of drug-likeness (QED) is 0.338. The summed E-state index contributed by atoms with van der Waals surface area (Å²) in [4.78, 5) is 44.1. The van der Waals surface area contributed by atoms with E-state index in [0.29, 0.717) is 47.8 Å². The van der Waals surface area contributed by atoms with E-state index in [4.69, 9.17) is 0 Å². The van der Waals surface area contributed by atoms with Crippen LogP contribution in [0.4, 0.5) is 18.9 Å². The minimum atomic E-state index is -4.74. The Balaban J connectivity index is 1.45. The third kappa shape index (κ3) is 5.70. The second kappa shape index (κ2) is 11.6. The highest BCUT2D eigenvalue weighted by molar-refractivity contribution is 5.92. The third-order valence-electron chi connectivity index (χ3n) is 7.97. The van der Waals surface area contributed by atoms with Crippen molar-refractivity contribution < 1.29 is 18.0 Å². The number of anilines is 1. The Hall–Kier alpha value is -4.72. The number of fused-ring (bicyclic) bond motifs is 1. The molecule has 0 saturated heterocycles. The molecule has 0 radical (unpaired) electrons. The lowest BCUT2D eigenvalue weighted by Crippen LogP contribution is -2.42. The Morgan fingerprint density at radius 1 is 1.02 bits per heavy atom. The maximum Gasteiger partial charge on any atom is 0.417 e. The monoisotopic (exact) mass is 575 g/mol. The van der Waals surface area contributed by atoms with E-state index in [2.05, 4.69) is 10.3 Å². The van der Waals surface area contributed by atoms with Gasteiger partial charge in [0, 0.05) is 30.5 Å². The molecule has 0 bridgehead atoms. The summed E-state index contributed by atoms with van der Waals surface area (Å²) in [5.41, 5.74) is -1.14. The molecule has 1 aliphatic rings. The highest BCUT2D eigenvalue weighted by Gasteiger charge is 2.34. The summed E-state index contributed by atoms with van der Waals surface area (Å²) in [6.07, 6.45) is 0.876. The van der Waals surface area contributed by atoms with E-state index in [9.17, 15) is 32.8 Å². The first kappa shape index (κ1) is 28.8. The standard InChI is InChI=1S/C31H28F3N5O3/c1-19-4-2-7-26-27(19)29(41)39(17-20-8-10-21(11-9-20)28(40)37-23-12-14-36-15-13-23)30(42)38(26)18-22-5-3-6-25(24(22)16-35)31(32,33)34/h2-7,12-15,20-21H,8-11,17-18H2,1H3,(H,36,37,40). The molecule has 2 aromatic carbocycles. The van der Waals surface area contributed by atoms with E-state index < -0.39 is 28.6 Å². The fourth-order valence-electron chi connectivity index (χ4n) is 5.76. The summed E-state index contributed by atoms with van der Waals surface area (Å²) < 4.78 is 43.3. The molecular formula is C31H28F3N5O3. The van der Waals surface area contributed by atoms with E-state index in [-0.39, 0.29) is 36.4 Å². The first-order valence-corrected chi connectivity index (χ1v) is 13.6. The highest BCUT2D eigenvalue weighted by atomic mass is 19.4. The normalized spacial score (nSPS) is 17.1. The van der Waals surface area contributed by atoms with Crippen LogP contribution in [-0.4, -0.2) is 20.0 Å². The molecule has 1 N–H and O–H groups in total. The van der Waals surface area contributed by atoms with Crippen molar-refractivity contribution in [2.45, 2.75) is 51.9 Å². The number of pyridine rings is 1. The van der Waals surface area contributed by atoms with E-state index in [1.54, 1.807) is 55.7 Å². The molecular weight excluding hydrogens is 547 g/mol. The molecule has 216 valence electrons. The third-order valence-corrected chi connectivity index (χ3v) is 7.97. The lowest BCUT2D eigenvalue weighted by Gasteiger charge is -2.28. The van der Waals surface area contributed by atoms with Gasteiger partial charge >= 0.3 is 11.9 Å². The maximum absolute atomic E-state index is 13.8. The van der Waals surface area contributed by atoms with Gasteiger partial charge in [0.25, 0.3) is 5.56 Å². The van der Waals surface area contributed by atoms with Gasteiger partial charge in [0.05, 0.1) is 28.6 Å². The average Bonchev–Trinajstić information content (AvgIpc) is 2.97.